The minimum Gasteiger partial charge on any atom is -0.341 e. The lowest BCUT2D eigenvalue weighted by atomic mass is 9.82. The number of carbonyl (C=O) groups excluding carboxylic acids is 2. The van der Waals surface area contributed by atoms with Crippen LogP contribution in [0.25, 0.3) is 0 Å². The maximum Gasteiger partial charge on any atom is 0.317 e. The third-order valence-corrected chi connectivity index (χ3v) is 6.94. The highest BCUT2D eigenvalue weighted by Gasteiger charge is 2.36. The van der Waals surface area contributed by atoms with Crippen LogP contribution < -0.4 is 16.1 Å². The molecule has 3 amide bonds. The summed E-state index contributed by atoms with van der Waals surface area (Å²) < 4.78 is 0. The molecular weight excluding hydrogens is 416 g/mol. The molecule has 2 aliphatic heterocycles. The van der Waals surface area contributed by atoms with Crippen LogP contribution in [0.2, 0.25) is 0 Å². The van der Waals surface area contributed by atoms with Crippen molar-refractivity contribution >= 4 is 11.9 Å². The van der Waals surface area contributed by atoms with Crippen LogP contribution in [0.4, 0.5) is 4.79 Å². The van der Waals surface area contributed by atoms with E-state index in [1.54, 1.807) is 0 Å². The second kappa shape index (κ2) is 11.8. The molecule has 0 saturated carbocycles. The van der Waals surface area contributed by atoms with Gasteiger partial charge < -0.3 is 20.4 Å². The Morgan fingerprint density at radius 1 is 0.970 bits per heavy atom. The number of piperidine rings is 1. The van der Waals surface area contributed by atoms with Crippen molar-refractivity contribution in [2.75, 3.05) is 46.3 Å². The molecule has 2 heterocycles. The zero-order valence-electron chi connectivity index (χ0n) is 22.5. The SMILES string of the molecule is CC(C)N[C@H](CN1CCCCC1=O)C(C)(C)CN(C)N[C@H](CN1CCCNC1=O)C(C)(C)C. The lowest BCUT2D eigenvalue weighted by Crippen LogP contribution is -2.61. The molecule has 2 rings (SSSR count). The number of carbonyl (C=O) groups is 2. The van der Waals surface area contributed by atoms with E-state index in [2.05, 4.69) is 76.6 Å². The van der Waals surface area contributed by atoms with Crippen molar-refractivity contribution in [3.8, 4) is 0 Å². The Morgan fingerprint density at radius 3 is 2.18 bits per heavy atom. The summed E-state index contributed by atoms with van der Waals surface area (Å²) >= 11 is 0. The van der Waals surface area contributed by atoms with Crippen molar-refractivity contribution in [2.24, 2.45) is 10.8 Å². The van der Waals surface area contributed by atoms with E-state index in [1.807, 2.05) is 9.80 Å². The Balaban J connectivity index is 2.06. The second-order valence-electron chi connectivity index (χ2n) is 12.1. The zero-order valence-corrected chi connectivity index (χ0v) is 22.5. The molecule has 0 aromatic carbocycles. The molecule has 2 fully saturated rings. The number of hydrogen-bond acceptors (Lipinski definition) is 5. The predicted molar refractivity (Wildman–Crippen MR) is 135 cm³/mol. The van der Waals surface area contributed by atoms with E-state index in [0.717, 1.165) is 52.0 Å². The first kappa shape index (κ1) is 27.9. The van der Waals surface area contributed by atoms with Crippen LogP contribution in [-0.4, -0.2) is 91.2 Å². The van der Waals surface area contributed by atoms with Gasteiger partial charge in [0.15, 0.2) is 0 Å². The predicted octanol–water partition coefficient (Wildman–Crippen LogP) is 2.66. The van der Waals surface area contributed by atoms with Gasteiger partial charge >= 0.3 is 6.03 Å². The second-order valence-corrected chi connectivity index (χ2v) is 12.1. The first-order valence-corrected chi connectivity index (χ1v) is 12.8. The molecule has 8 nitrogen and oxygen atoms in total. The summed E-state index contributed by atoms with van der Waals surface area (Å²) in [6, 6.07) is 0.687. The van der Waals surface area contributed by atoms with Crippen LogP contribution in [0.1, 0.15) is 74.1 Å². The van der Waals surface area contributed by atoms with Gasteiger partial charge in [0.2, 0.25) is 5.91 Å². The van der Waals surface area contributed by atoms with Crippen molar-refractivity contribution in [3.05, 3.63) is 0 Å². The van der Waals surface area contributed by atoms with Gasteiger partial charge in [0.25, 0.3) is 0 Å². The molecular formula is C25H50N6O2. The molecule has 0 unspecified atom stereocenters. The standard InChI is InChI=1S/C25H50N6O2/c1-19(2)27-21(17-30-14-10-9-12-22(30)32)25(6,7)18-29(8)28-20(24(3,4)5)16-31-15-11-13-26-23(31)33/h19-21,27-28H,9-18H2,1-8H3,(H,26,33)/t20-,21-/m1/s1. The number of nitrogens with one attached hydrogen (secondary N) is 3. The molecule has 0 aliphatic carbocycles. The first-order valence-electron chi connectivity index (χ1n) is 12.8. The van der Waals surface area contributed by atoms with Crippen molar-refractivity contribution in [2.45, 2.75) is 92.3 Å². The molecule has 0 bridgehead atoms. The Labute approximate surface area is 202 Å². The van der Waals surface area contributed by atoms with Gasteiger partial charge in [-0.3, -0.25) is 10.2 Å². The molecule has 2 saturated heterocycles. The fraction of sp³-hybridized carbons (Fsp3) is 0.920. The van der Waals surface area contributed by atoms with Crippen molar-refractivity contribution in [1.82, 2.24) is 30.9 Å². The highest BCUT2D eigenvalue weighted by atomic mass is 16.2. The Morgan fingerprint density at radius 2 is 1.61 bits per heavy atom. The van der Waals surface area contributed by atoms with Crippen molar-refractivity contribution < 1.29 is 9.59 Å². The Kier molecular flexibility index (Phi) is 10.0. The van der Waals surface area contributed by atoms with Gasteiger partial charge in [0, 0.05) is 70.9 Å². The van der Waals surface area contributed by atoms with Gasteiger partial charge in [-0.05, 0) is 30.1 Å². The molecule has 0 radical (unpaired) electrons. The van der Waals surface area contributed by atoms with E-state index in [4.69, 9.17) is 0 Å². The van der Waals surface area contributed by atoms with Gasteiger partial charge in [-0.25, -0.2) is 9.80 Å². The third kappa shape index (κ3) is 8.72. The molecule has 0 aromatic heterocycles. The summed E-state index contributed by atoms with van der Waals surface area (Å²) in [5, 5.41) is 8.89. The Hall–Kier alpha value is -1.38. The number of likely N-dealkylation sites (tertiary alicyclic amines) is 1. The number of rotatable bonds is 11. The van der Waals surface area contributed by atoms with Crippen LogP contribution in [-0.2, 0) is 4.79 Å². The largest absolute Gasteiger partial charge is 0.341 e. The van der Waals surface area contributed by atoms with E-state index in [-0.39, 0.29) is 34.9 Å². The quantitative estimate of drug-likeness (QED) is 0.408. The van der Waals surface area contributed by atoms with Crippen LogP contribution in [0, 0.1) is 10.8 Å². The van der Waals surface area contributed by atoms with E-state index >= 15 is 0 Å². The van der Waals surface area contributed by atoms with Gasteiger partial charge in [0.05, 0.1) is 0 Å². The average molecular weight is 467 g/mol. The minimum absolute atomic E-state index is 0.00800. The number of amides is 3. The maximum absolute atomic E-state index is 12.5. The summed E-state index contributed by atoms with van der Waals surface area (Å²) in [4.78, 5) is 28.8. The zero-order chi connectivity index (χ0) is 24.8. The van der Waals surface area contributed by atoms with Crippen molar-refractivity contribution in [1.29, 1.82) is 0 Å². The molecule has 2 atom stereocenters. The smallest absolute Gasteiger partial charge is 0.317 e. The summed E-state index contributed by atoms with van der Waals surface area (Å²) in [6.07, 6.45) is 3.77. The molecule has 33 heavy (non-hydrogen) atoms. The molecule has 3 N–H and O–H groups in total. The van der Waals surface area contributed by atoms with Crippen LogP contribution >= 0.6 is 0 Å². The first-order chi connectivity index (χ1) is 15.3. The monoisotopic (exact) mass is 466 g/mol. The third-order valence-electron chi connectivity index (χ3n) is 6.94. The van der Waals surface area contributed by atoms with Gasteiger partial charge in [-0.1, -0.05) is 48.5 Å². The van der Waals surface area contributed by atoms with Crippen LogP contribution in [0.5, 0.6) is 0 Å². The van der Waals surface area contributed by atoms with Crippen molar-refractivity contribution in [3.63, 3.8) is 0 Å². The van der Waals surface area contributed by atoms with E-state index in [1.165, 1.54) is 0 Å². The lowest BCUT2D eigenvalue weighted by Gasteiger charge is -2.44. The van der Waals surface area contributed by atoms with Gasteiger partial charge in [-0.15, -0.1) is 0 Å². The summed E-state index contributed by atoms with van der Waals surface area (Å²) in [5.74, 6) is 0.284. The van der Waals surface area contributed by atoms with E-state index < -0.39 is 0 Å². The number of hydrazine groups is 1. The fourth-order valence-corrected chi connectivity index (χ4v) is 4.82. The average Bonchev–Trinajstić information content (AvgIpc) is 2.68. The summed E-state index contributed by atoms with van der Waals surface area (Å²) in [7, 11) is 2.09. The van der Waals surface area contributed by atoms with Crippen LogP contribution in [0.15, 0.2) is 0 Å². The van der Waals surface area contributed by atoms with Gasteiger partial charge in [-0.2, -0.15) is 0 Å². The molecule has 2 aliphatic rings. The van der Waals surface area contributed by atoms with Gasteiger partial charge in [0.1, 0.15) is 0 Å². The van der Waals surface area contributed by atoms with Crippen LogP contribution in [0.3, 0.4) is 0 Å². The molecule has 192 valence electrons. The molecule has 8 heteroatoms. The van der Waals surface area contributed by atoms with E-state index in [9.17, 15) is 9.59 Å². The topological polar surface area (TPSA) is 80.0 Å². The normalized spacial score (nSPS) is 20.4. The maximum atomic E-state index is 12.5. The fourth-order valence-electron chi connectivity index (χ4n) is 4.82. The minimum atomic E-state index is -0.0747. The van der Waals surface area contributed by atoms with E-state index in [0.29, 0.717) is 19.0 Å². The number of nitrogens with zero attached hydrogens (tertiary/aromatic N) is 3. The lowest BCUT2D eigenvalue weighted by molar-refractivity contribution is -0.134. The summed E-state index contributed by atoms with van der Waals surface area (Å²) in [6.45, 7) is 20.2. The number of hydrogen-bond donors (Lipinski definition) is 3. The highest BCUT2D eigenvalue weighted by Crippen LogP contribution is 2.26. The highest BCUT2D eigenvalue weighted by molar-refractivity contribution is 5.76. The number of urea groups is 1. The summed E-state index contributed by atoms with van der Waals surface area (Å²) in [5.41, 5.74) is 3.62. The molecule has 0 aromatic rings. The molecule has 0 spiro atoms. The Bertz CT molecular complexity index is 645.